The molecule has 29 heavy (non-hydrogen) atoms. The Labute approximate surface area is 168 Å². The summed E-state index contributed by atoms with van der Waals surface area (Å²) < 4.78 is 16.6. The molecule has 2 aromatic carbocycles. The maximum absolute atomic E-state index is 9.87. The summed E-state index contributed by atoms with van der Waals surface area (Å²) in [4.78, 5) is 0. The Bertz CT molecular complexity index is 1140. The van der Waals surface area contributed by atoms with Gasteiger partial charge >= 0.3 is 0 Å². The molecule has 0 radical (unpaired) electrons. The maximum atomic E-state index is 9.87. The molecule has 0 amide bonds. The monoisotopic (exact) mass is 388 g/mol. The van der Waals surface area contributed by atoms with Gasteiger partial charge in [0.05, 0.1) is 31.4 Å². The molecule has 0 fully saturated rings. The summed E-state index contributed by atoms with van der Waals surface area (Å²) in [5.41, 5.74) is 10.7. The molecule has 1 aliphatic rings. The molecule has 146 valence electrons. The first kappa shape index (κ1) is 18.4. The maximum Gasteiger partial charge on any atom is 0.244 e. The summed E-state index contributed by atoms with van der Waals surface area (Å²) in [6, 6.07) is 15.7. The summed E-state index contributed by atoms with van der Waals surface area (Å²) in [5.74, 6) is 1.10. The van der Waals surface area contributed by atoms with Crippen molar-refractivity contribution in [2.45, 2.75) is 12.8 Å². The zero-order chi connectivity index (χ0) is 20.5. The molecule has 7 nitrogen and oxygen atoms in total. The summed E-state index contributed by atoms with van der Waals surface area (Å²) in [6.07, 6.45) is 0. The lowest BCUT2D eigenvalue weighted by Crippen LogP contribution is -2.21. The quantitative estimate of drug-likeness (QED) is 0.707. The van der Waals surface area contributed by atoms with Crippen LogP contribution in [0.25, 0.3) is 11.3 Å². The second kappa shape index (κ2) is 7.24. The molecule has 0 saturated heterocycles. The second-order valence-electron chi connectivity index (χ2n) is 6.72. The number of nitrogens with zero attached hydrogens (tertiary/aromatic N) is 2. The van der Waals surface area contributed by atoms with Gasteiger partial charge in [-0.3, -0.25) is 5.10 Å². The fraction of sp³-hybridized carbons (Fsp3) is 0.182. The van der Waals surface area contributed by atoms with Crippen molar-refractivity contribution in [3.63, 3.8) is 0 Å². The molecular weight excluding hydrogens is 368 g/mol. The Morgan fingerprint density at radius 3 is 2.55 bits per heavy atom. The Morgan fingerprint density at radius 2 is 1.90 bits per heavy atom. The zero-order valence-corrected chi connectivity index (χ0v) is 16.3. The van der Waals surface area contributed by atoms with Crippen LogP contribution < -0.4 is 19.9 Å². The van der Waals surface area contributed by atoms with Crippen molar-refractivity contribution < 1.29 is 14.2 Å². The Hall–Kier alpha value is -3.92. The van der Waals surface area contributed by atoms with Crippen LogP contribution in [0.2, 0.25) is 0 Å². The van der Waals surface area contributed by atoms with Gasteiger partial charge in [-0.25, -0.2) is 0 Å². The molecular formula is C22H20N4O3. The van der Waals surface area contributed by atoms with Crippen molar-refractivity contribution in [1.82, 2.24) is 10.2 Å². The van der Waals surface area contributed by atoms with Crippen LogP contribution in [-0.2, 0) is 0 Å². The predicted octanol–water partition coefficient (Wildman–Crippen LogP) is 3.62. The van der Waals surface area contributed by atoms with Crippen molar-refractivity contribution in [3.05, 3.63) is 70.6 Å². The first-order chi connectivity index (χ1) is 14.1. The van der Waals surface area contributed by atoms with E-state index in [2.05, 4.69) is 16.3 Å². The number of aryl methyl sites for hydroxylation is 1. The van der Waals surface area contributed by atoms with Gasteiger partial charge in [0, 0.05) is 11.1 Å². The number of hydrogen-bond acceptors (Lipinski definition) is 6. The lowest BCUT2D eigenvalue weighted by molar-refractivity contribution is 0.373. The van der Waals surface area contributed by atoms with E-state index in [-0.39, 0.29) is 5.88 Å². The molecule has 3 N–H and O–H groups in total. The van der Waals surface area contributed by atoms with Crippen molar-refractivity contribution >= 4 is 0 Å². The summed E-state index contributed by atoms with van der Waals surface area (Å²) in [7, 11) is 3.17. The summed E-state index contributed by atoms with van der Waals surface area (Å²) >= 11 is 0. The largest absolute Gasteiger partial charge is 0.497 e. The van der Waals surface area contributed by atoms with Gasteiger partial charge in [0.1, 0.15) is 23.1 Å². The van der Waals surface area contributed by atoms with Gasteiger partial charge in [-0.15, -0.1) is 5.10 Å². The number of fused-ring (bicyclic) bond motifs is 1. The minimum Gasteiger partial charge on any atom is -0.497 e. The van der Waals surface area contributed by atoms with E-state index in [1.807, 2.05) is 37.3 Å². The van der Waals surface area contributed by atoms with E-state index in [4.69, 9.17) is 19.9 Å². The van der Waals surface area contributed by atoms with Gasteiger partial charge in [0.15, 0.2) is 0 Å². The molecule has 1 atom stereocenters. The highest BCUT2D eigenvalue weighted by Crippen LogP contribution is 2.48. The SMILES string of the molecule is COc1ccc(OC)c([C@H]2C(C#N)=C(N)Oc3n[nH]c(-c4ccc(C)cc4)c32)c1. The molecule has 3 aromatic rings. The van der Waals surface area contributed by atoms with Gasteiger partial charge in [-0.1, -0.05) is 29.8 Å². The lowest BCUT2D eigenvalue weighted by Gasteiger charge is -2.25. The van der Waals surface area contributed by atoms with E-state index in [1.165, 1.54) is 0 Å². The van der Waals surface area contributed by atoms with Crippen molar-refractivity contribution in [2.75, 3.05) is 14.2 Å². The number of nitrogens with two attached hydrogens (primary N) is 1. The van der Waals surface area contributed by atoms with Crippen LogP contribution in [0, 0.1) is 18.3 Å². The van der Waals surface area contributed by atoms with E-state index in [0.29, 0.717) is 23.0 Å². The third kappa shape index (κ3) is 3.05. The normalized spacial score (nSPS) is 15.3. The number of aromatic amines is 1. The minimum atomic E-state index is -0.524. The van der Waals surface area contributed by atoms with Crippen LogP contribution in [0.5, 0.6) is 17.4 Å². The van der Waals surface area contributed by atoms with Gasteiger partial charge in [-0.05, 0) is 25.1 Å². The smallest absolute Gasteiger partial charge is 0.244 e. The number of rotatable bonds is 4. The molecule has 1 aliphatic heterocycles. The number of aromatic nitrogens is 2. The van der Waals surface area contributed by atoms with Gasteiger partial charge in [0.2, 0.25) is 11.8 Å². The fourth-order valence-corrected chi connectivity index (χ4v) is 3.56. The van der Waals surface area contributed by atoms with Gasteiger partial charge in [0.25, 0.3) is 0 Å². The molecule has 0 saturated carbocycles. The minimum absolute atomic E-state index is 0.0248. The second-order valence-corrected chi connectivity index (χ2v) is 6.72. The van der Waals surface area contributed by atoms with Gasteiger partial charge < -0.3 is 19.9 Å². The number of benzene rings is 2. The standard InChI is InChI=1S/C22H20N4O3/c1-12-4-6-13(7-5-12)20-19-18(15-10-14(27-2)8-9-17(15)28-3)16(11-23)21(24)29-22(19)26-25-20/h4-10,18H,24H2,1-3H3,(H,25,26)/t18-/m0/s1. The molecule has 0 bridgehead atoms. The van der Waals surface area contributed by atoms with E-state index in [9.17, 15) is 5.26 Å². The average molecular weight is 388 g/mol. The van der Waals surface area contributed by atoms with Crippen LogP contribution >= 0.6 is 0 Å². The van der Waals surface area contributed by atoms with Crippen molar-refractivity contribution in [1.29, 1.82) is 5.26 Å². The molecule has 0 unspecified atom stereocenters. The van der Waals surface area contributed by atoms with Crippen LogP contribution in [0.15, 0.2) is 53.9 Å². The van der Waals surface area contributed by atoms with Crippen molar-refractivity contribution in [3.8, 4) is 34.7 Å². The number of nitriles is 1. The zero-order valence-electron chi connectivity index (χ0n) is 16.3. The molecule has 7 heteroatoms. The topological polar surface area (TPSA) is 106 Å². The van der Waals surface area contributed by atoms with E-state index >= 15 is 0 Å². The van der Waals surface area contributed by atoms with E-state index in [0.717, 1.165) is 27.9 Å². The Balaban J connectivity index is 1.99. The van der Waals surface area contributed by atoms with Crippen molar-refractivity contribution in [2.24, 2.45) is 5.73 Å². The predicted molar refractivity (Wildman–Crippen MR) is 108 cm³/mol. The highest BCUT2D eigenvalue weighted by molar-refractivity contribution is 5.72. The number of ether oxygens (including phenoxy) is 3. The molecule has 0 spiro atoms. The third-order valence-electron chi connectivity index (χ3n) is 5.03. The van der Waals surface area contributed by atoms with Crippen LogP contribution in [-0.4, -0.2) is 24.4 Å². The Kier molecular flexibility index (Phi) is 4.61. The average Bonchev–Trinajstić information content (AvgIpc) is 3.16. The number of hydrogen-bond donors (Lipinski definition) is 2. The number of nitrogens with one attached hydrogen (secondary N) is 1. The van der Waals surface area contributed by atoms with Crippen LogP contribution in [0.1, 0.15) is 22.6 Å². The lowest BCUT2D eigenvalue weighted by atomic mass is 9.82. The van der Waals surface area contributed by atoms with E-state index < -0.39 is 5.92 Å². The highest BCUT2D eigenvalue weighted by atomic mass is 16.5. The summed E-state index contributed by atoms with van der Waals surface area (Å²) in [5, 5.41) is 17.2. The number of H-pyrrole nitrogens is 1. The first-order valence-electron chi connectivity index (χ1n) is 9.02. The van der Waals surface area contributed by atoms with Crippen LogP contribution in [0.3, 0.4) is 0 Å². The van der Waals surface area contributed by atoms with Gasteiger partial charge in [-0.2, -0.15) is 5.26 Å². The molecule has 0 aliphatic carbocycles. The third-order valence-corrected chi connectivity index (χ3v) is 5.03. The molecule has 1 aromatic heterocycles. The number of methoxy groups -OCH3 is 2. The Morgan fingerprint density at radius 1 is 1.14 bits per heavy atom. The number of allylic oxidation sites excluding steroid dienone is 1. The molecule has 4 rings (SSSR count). The summed E-state index contributed by atoms with van der Waals surface area (Å²) in [6.45, 7) is 2.02. The van der Waals surface area contributed by atoms with E-state index in [1.54, 1.807) is 26.4 Å². The van der Waals surface area contributed by atoms with Crippen LogP contribution in [0.4, 0.5) is 0 Å². The fourth-order valence-electron chi connectivity index (χ4n) is 3.56. The highest BCUT2D eigenvalue weighted by Gasteiger charge is 2.37. The molecule has 2 heterocycles. The first-order valence-corrected chi connectivity index (χ1v) is 9.02.